The van der Waals surface area contributed by atoms with Crippen molar-refractivity contribution in [1.82, 2.24) is 9.97 Å². The Balaban J connectivity index is 1.57. The van der Waals surface area contributed by atoms with Crippen LogP contribution in [0.2, 0.25) is 0 Å². The number of carbonyl (C=O) groups is 1. The van der Waals surface area contributed by atoms with Crippen molar-refractivity contribution in [3.63, 3.8) is 0 Å². The molecule has 1 amide bonds. The normalized spacial score (nSPS) is 13.5. The van der Waals surface area contributed by atoms with Gasteiger partial charge in [-0.15, -0.1) is 0 Å². The molecule has 1 aliphatic heterocycles. The van der Waals surface area contributed by atoms with Gasteiger partial charge in [0.05, 0.1) is 25.0 Å². The molecule has 4 rings (SSSR count). The van der Waals surface area contributed by atoms with Crippen LogP contribution in [0.5, 0.6) is 11.5 Å². The van der Waals surface area contributed by atoms with Crippen molar-refractivity contribution in [3.8, 4) is 11.5 Å². The first kappa shape index (κ1) is 20.6. The lowest BCUT2D eigenvalue weighted by molar-refractivity contribution is 0.102. The average molecular weight is 419 g/mol. The highest BCUT2D eigenvalue weighted by atomic mass is 16.5. The molecule has 31 heavy (non-hydrogen) atoms. The summed E-state index contributed by atoms with van der Waals surface area (Å²) in [5.74, 6) is 2.10. The van der Waals surface area contributed by atoms with E-state index in [9.17, 15) is 4.79 Å². The second-order valence-corrected chi connectivity index (χ2v) is 7.27. The van der Waals surface area contributed by atoms with Crippen LogP contribution in [0, 0.1) is 0 Å². The molecule has 0 atom stereocenters. The van der Waals surface area contributed by atoms with Crippen LogP contribution in [0.15, 0.2) is 60.8 Å². The third-order valence-electron chi connectivity index (χ3n) is 4.82. The van der Waals surface area contributed by atoms with Gasteiger partial charge in [-0.05, 0) is 24.3 Å². The number of hydrogen-bond acceptors (Lipinski definition) is 7. The Labute approximate surface area is 181 Å². The monoisotopic (exact) mass is 419 g/mol. The van der Waals surface area contributed by atoms with Crippen molar-refractivity contribution in [1.29, 1.82) is 0 Å². The minimum Gasteiger partial charge on any atom is -0.457 e. The van der Waals surface area contributed by atoms with E-state index in [-0.39, 0.29) is 5.91 Å². The third-order valence-corrected chi connectivity index (χ3v) is 4.82. The van der Waals surface area contributed by atoms with Gasteiger partial charge in [0.1, 0.15) is 17.2 Å². The van der Waals surface area contributed by atoms with E-state index in [0.29, 0.717) is 47.7 Å². The zero-order valence-electron chi connectivity index (χ0n) is 17.6. The fourth-order valence-corrected chi connectivity index (χ4v) is 3.26. The van der Waals surface area contributed by atoms with E-state index in [2.05, 4.69) is 20.2 Å². The Bertz CT molecular complexity index is 1040. The van der Waals surface area contributed by atoms with E-state index in [1.54, 1.807) is 24.4 Å². The number of morpholine rings is 1. The molecular weight excluding hydrogens is 394 g/mol. The Morgan fingerprint density at radius 1 is 1.06 bits per heavy atom. The second kappa shape index (κ2) is 9.44. The summed E-state index contributed by atoms with van der Waals surface area (Å²) in [7, 11) is 3.76. The van der Waals surface area contributed by atoms with E-state index in [4.69, 9.17) is 9.47 Å². The molecule has 1 N–H and O–H groups in total. The lowest BCUT2D eigenvalue weighted by Gasteiger charge is -2.28. The van der Waals surface area contributed by atoms with Gasteiger partial charge in [0.25, 0.3) is 5.91 Å². The number of anilines is 3. The number of hydrogen-bond donors (Lipinski definition) is 1. The SMILES string of the molecule is CN(C)c1nc(N2CCOCC2)ncc1NC(=O)c1ccccc1Oc1ccccc1. The molecule has 0 saturated carbocycles. The minimum atomic E-state index is -0.294. The number of nitrogens with zero attached hydrogens (tertiary/aromatic N) is 4. The number of para-hydroxylation sites is 2. The molecule has 1 aliphatic rings. The number of amides is 1. The van der Waals surface area contributed by atoms with Gasteiger partial charge in [-0.1, -0.05) is 30.3 Å². The fourth-order valence-electron chi connectivity index (χ4n) is 3.26. The first-order valence-corrected chi connectivity index (χ1v) is 10.1. The topological polar surface area (TPSA) is 79.8 Å². The molecule has 160 valence electrons. The van der Waals surface area contributed by atoms with Gasteiger partial charge in [-0.2, -0.15) is 4.98 Å². The number of rotatable bonds is 6. The number of carbonyl (C=O) groups excluding carboxylic acids is 1. The van der Waals surface area contributed by atoms with Crippen LogP contribution < -0.4 is 19.9 Å². The highest BCUT2D eigenvalue weighted by molar-refractivity contribution is 6.07. The lowest BCUT2D eigenvalue weighted by atomic mass is 10.2. The number of benzene rings is 2. The number of aromatic nitrogens is 2. The summed E-state index contributed by atoms with van der Waals surface area (Å²) < 4.78 is 11.3. The summed E-state index contributed by atoms with van der Waals surface area (Å²) in [6.07, 6.45) is 1.64. The van der Waals surface area contributed by atoms with Crippen molar-refractivity contribution >= 4 is 23.4 Å². The zero-order valence-corrected chi connectivity index (χ0v) is 17.6. The van der Waals surface area contributed by atoms with Crippen molar-refractivity contribution in [2.24, 2.45) is 0 Å². The van der Waals surface area contributed by atoms with Crippen molar-refractivity contribution < 1.29 is 14.3 Å². The first-order valence-electron chi connectivity index (χ1n) is 10.1. The van der Waals surface area contributed by atoms with Crippen LogP contribution in [0.1, 0.15) is 10.4 Å². The molecule has 2 heterocycles. The van der Waals surface area contributed by atoms with Gasteiger partial charge >= 0.3 is 0 Å². The average Bonchev–Trinajstić information content (AvgIpc) is 2.81. The summed E-state index contributed by atoms with van der Waals surface area (Å²) in [4.78, 5) is 26.2. The smallest absolute Gasteiger partial charge is 0.259 e. The van der Waals surface area contributed by atoms with Gasteiger partial charge < -0.3 is 24.6 Å². The standard InChI is InChI=1S/C23H25N5O3/c1-27(2)21-19(16-24-23(26-21)28-12-14-30-15-13-28)25-22(29)18-10-6-7-11-20(18)31-17-8-4-3-5-9-17/h3-11,16H,12-15H2,1-2H3,(H,25,29). The van der Waals surface area contributed by atoms with E-state index in [1.807, 2.05) is 55.4 Å². The molecule has 8 heteroatoms. The summed E-state index contributed by atoms with van der Waals surface area (Å²) in [6.45, 7) is 2.78. The van der Waals surface area contributed by atoms with Crippen molar-refractivity contribution in [3.05, 3.63) is 66.4 Å². The molecule has 8 nitrogen and oxygen atoms in total. The van der Waals surface area contributed by atoms with Crippen LogP contribution >= 0.6 is 0 Å². The van der Waals surface area contributed by atoms with E-state index >= 15 is 0 Å². The maximum absolute atomic E-state index is 13.1. The molecule has 0 radical (unpaired) electrons. The molecule has 0 spiro atoms. The van der Waals surface area contributed by atoms with E-state index in [0.717, 1.165) is 13.1 Å². The molecule has 1 aromatic heterocycles. The lowest BCUT2D eigenvalue weighted by Crippen LogP contribution is -2.37. The Morgan fingerprint density at radius 3 is 2.52 bits per heavy atom. The number of nitrogens with one attached hydrogen (secondary N) is 1. The largest absolute Gasteiger partial charge is 0.457 e. The summed E-state index contributed by atoms with van der Waals surface area (Å²) in [6, 6.07) is 16.5. The summed E-state index contributed by atoms with van der Waals surface area (Å²) in [5.41, 5.74) is 0.954. The molecule has 1 fully saturated rings. The maximum atomic E-state index is 13.1. The highest BCUT2D eigenvalue weighted by Gasteiger charge is 2.20. The second-order valence-electron chi connectivity index (χ2n) is 7.27. The maximum Gasteiger partial charge on any atom is 0.259 e. The predicted octanol–water partition coefficient (Wildman–Crippen LogP) is 3.42. The number of ether oxygens (including phenoxy) is 2. The van der Waals surface area contributed by atoms with Crippen molar-refractivity contribution in [2.75, 3.05) is 55.5 Å². The molecule has 3 aromatic rings. The quantitative estimate of drug-likeness (QED) is 0.656. The Morgan fingerprint density at radius 2 is 1.77 bits per heavy atom. The van der Waals surface area contributed by atoms with Gasteiger partial charge in [-0.25, -0.2) is 4.98 Å². The van der Waals surface area contributed by atoms with Crippen LogP contribution in [0.4, 0.5) is 17.5 Å². The third kappa shape index (κ3) is 4.92. The van der Waals surface area contributed by atoms with Gasteiger partial charge in [0.15, 0.2) is 5.82 Å². The Kier molecular flexibility index (Phi) is 6.28. The van der Waals surface area contributed by atoms with Crippen LogP contribution in [-0.4, -0.2) is 56.3 Å². The van der Waals surface area contributed by atoms with E-state index in [1.165, 1.54) is 0 Å². The van der Waals surface area contributed by atoms with Crippen LogP contribution in [0.25, 0.3) is 0 Å². The molecule has 2 aromatic carbocycles. The molecule has 1 saturated heterocycles. The molecule has 0 bridgehead atoms. The van der Waals surface area contributed by atoms with Gasteiger partial charge in [0.2, 0.25) is 5.95 Å². The zero-order chi connectivity index (χ0) is 21.6. The van der Waals surface area contributed by atoms with Crippen molar-refractivity contribution in [2.45, 2.75) is 0 Å². The molecular formula is C23H25N5O3. The fraction of sp³-hybridized carbons (Fsp3) is 0.261. The minimum absolute atomic E-state index is 0.294. The van der Waals surface area contributed by atoms with E-state index < -0.39 is 0 Å². The van der Waals surface area contributed by atoms with Gasteiger partial charge in [0, 0.05) is 27.2 Å². The van der Waals surface area contributed by atoms with Gasteiger partial charge in [-0.3, -0.25) is 4.79 Å². The first-order chi connectivity index (χ1) is 15.1. The van der Waals surface area contributed by atoms with Crippen LogP contribution in [-0.2, 0) is 4.74 Å². The summed E-state index contributed by atoms with van der Waals surface area (Å²) in [5, 5.41) is 2.94. The predicted molar refractivity (Wildman–Crippen MR) is 120 cm³/mol. The van der Waals surface area contributed by atoms with Crippen LogP contribution in [0.3, 0.4) is 0 Å². The molecule has 0 unspecified atom stereocenters. The highest BCUT2D eigenvalue weighted by Crippen LogP contribution is 2.28. The Hall–Kier alpha value is -3.65. The molecule has 0 aliphatic carbocycles. The summed E-state index contributed by atoms with van der Waals surface area (Å²) >= 11 is 0.